The fraction of sp³-hybridized carbons (Fsp3) is 0.217. The van der Waals surface area contributed by atoms with Gasteiger partial charge in [-0.3, -0.25) is 9.59 Å². The number of nitrogens with one attached hydrogen (secondary N) is 2. The third-order valence-corrected chi connectivity index (χ3v) is 5.18. The molecule has 150 valence electrons. The molecule has 4 rings (SSSR count). The highest BCUT2D eigenvalue weighted by Gasteiger charge is 2.27. The largest absolute Gasteiger partial charge is 0.323 e. The summed E-state index contributed by atoms with van der Waals surface area (Å²) in [7, 11) is 0. The van der Waals surface area contributed by atoms with Crippen LogP contribution in [0.5, 0.6) is 0 Å². The second-order valence-electron chi connectivity index (χ2n) is 7.26. The first-order valence-corrected chi connectivity index (χ1v) is 9.84. The molecule has 2 N–H and O–H groups in total. The lowest BCUT2D eigenvalue weighted by Gasteiger charge is -2.17. The molecule has 0 unspecified atom stereocenters. The second-order valence-corrected chi connectivity index (χ2v) is 7.26. The van der Waals surface area contributed by atoms with Gasteiger partial charge in [0.25, 0.3) is 11.8 Å². The van der Waals surface area contributed by atoms with Crippen LogP contribution >= 0.6 is 0 Å². The molecule has 1 aliphatic rings. The molecule has 0 saturated carbocycles. The highest BCUT2D eigenvalue weighted by atomic mass is 16.2. The Labute approximate surface area is 174 Å². The smallest absolute Gasteiger partial charge is 0.291 e. The minimum atomic E-state index is -0.400. The van der Waals surface area contributed by atoms with E-state index in [1.807, 2.05) is 35.8 Å². The number of fused-ring (bicyclic) bond motifs is 1. The van der Waals surface area contributed by atoms with Gasteiger partial charge < -0.3 is 15.2 Å². The summed E-state index contributed by atoms with van der Waals surface area (Å²) >= 11 is 0. The van der Waals surface area contributed by atoms with Gasteiger partial charge >= 0.3 is 0 Å². The third kappa shape index (κ3) is 3.80. The van der Waals surface area contributed by atoms with E-state index in [1.165, 1.54) is 0 Å². The topological polar surface area (TPSA) is 99.8 Å². The van der Waals surface area contributed by atoms with Crippen LogP contribution in [0.3, 0.4) is 0 Å². The lowest BCUT2D eigenvalue weighted by atomic mass is 10.1. The van der Waals surface area contributed by atoms with Crippen molar-refractivity contribution in [2.24, 2.45) is 0 Å². The highest BCUT2D eigenvalue weighted by molar-refractivity contribution is 6.07. The van der Waals surface area contributed by atoms with Crippen LogP contribution in [0.15, 0.2) is 48.5 Å². The Hall–Kier alpha value is -3.92. The molecule has 0 spiro atoms. The summed E-state index contributed by atoms with van der Waals surface area (Å²) in [4.78, 5) is 30.3. The van der Waals surface area contributed by atoms with Gasteiger partial charge in [-0.1, -0.05) is 24.3 Å². The minimum Gasteiger partial charge on any atom is -0.323 e. The van der Waals surface area contributed by atoms with Crippen LogP contribution < -0.4 is 10.6 Å². The van der Waals surface area contributed by atoms with Crippen molar-refractivity contribution < 1.29 is 9.59 Å². The van der Waals surface area contributed by atoms with Crippen molar-refractivity contribution in [3.8, 4) is 6.07 Å². The van der Waals surface area contributed by atoms with Gasteiger partial charge in [0, 0.05) is 17.9 Å². The van der Waals surface area contributed by atoms with Crippen LogP contribution in [0.1, 0.15) is 50.8 Å². The fourth-order valence-corrected chi connectivity index (χ4v) is 3.65. The average molecular weight is 399 g/mol. The molecular weight excluding hydrogens is 378 g/mol. The van der Waals surface area contributed by atoms with Crippen LogP contribution in [0.4, 0.5) is 11.4 Å². The quantitative estimate of drug-likeness (QED) is 0.695. The number of nitrogens with zero attached hydrogens (tertiary/aromatic N) is 3. The molecule has 0 bridgehead atoms. The maximum absolute atomic E-state index is 13.0. The number of anilines is 2. The number of nitriles is 1. The molecule has 0 atom stereocenters. The molecular formula is C23H21N5O2. The first kappa shape index (κ1) is 19.4. The van der Waals surface area contributed by atoms with Crippen molar-refractivity contribution in [3.05, 3.63) is 76.9 Å². The van der Waals surface area contributed by atoms with Gasteiger partial charge in [-0.05, 0) is 56.0 Å². The van der Waals surface area contributed by atoms with Crippen molar-refractivity contribution in [3.63, 3.8) is 0 Å². The Balaban J connectivity index is 1.64. The number of carbonyl (C=O) groups excluding carboxylic acids is 2. The number of para-hydroxylation sites is 1. The normalized spacial score (nSPS) is 12.5. The van der Waals surface area contributed by atoms with E-state index >= 15 is 0 Å². The standard InChI is InChI=1S/C23H21N5O2/c1-15-7-2-3-10-18(15)26-22(29)20-19-11-4-5-12-28(19)21(27-20)23(30)25-17-9-6-8-16(13-17)14-24/h2-3,6-10,13H,4-5,11-12H2,1H3,(H,25,30)(H,26,29). The second kappa shape index (κ2) is 8.21. The predicted molar refractivity (Wildman–Crippen MR) is 113 cm³/mol. The van der Waals surface area contributed by atoms with Crippen LogP contribution in [-0.2, 0) is 13.0 Å². The highest BCUT2D eigenvalue weighted by Crippen LogP contribution is 2.24. The predicted octanol–water partition coefficient (Wildman–Crippen LogP) is 3.90. The molecule has 2 heterocycles. The Morgan fingerprint density at radius 3 is 2.70 bits per heavy atom. The van der Waals surface area contributed by atoms with Crippen LogP contribution in [0.25, 0.3) is 0 Å². The molecule has 2 aromatic carbocycles. The molecule has 1 aromatic heterocycles. The van der Waals surface area contributed by atoms with Crippen LogP contribution in [0, 0.1) is 18.3 Å². The first-order chi connectivity index (χ1) is 14.6. The molecule has 2 amide bonds. The van der Waals surface area contributed by atoms with Gasteiger partial charge in [0.05, 0.1) is 17.3 Å². The van der Waals surface area contributed by atoms with Crippen LogP contribution in [0.2, 0.25) is 0 Å². The monoisotopic (exact) mass is 399 g/mol. The van der Waals surface area contributed by atoms with Crippen molar-refractivity contribution in [1.29, 1.82) is 5.26 Å². The van der Waals surface area contributed by atoms with E-state index in [0.29, 0.717) is 24.2 Å². The zero-order valence-electron chi connectivity index (χ0n) is 16.6. The van der Waals surface area contributed by atoms with E-state index in [9.17, 15) is 9.59 Å². The van der Waals surface area contributed by atoms with E-state index < -0.39 is 5.91 Å². The average Bonchev–Trinajstić information content (AvgIpc) is 3.15. The summed E-state index contributed by atoms with van der Waals surface area (Å²) in [6.45, 7) is 2.56. The maximum atomic E-state index is 13.0. The molecule has 0 saturated heterocycles. The van der Waals surface area contributed by atoms with Gasteiger partial charge in [-0.25, -0.2) is 4.98 Å². The summed E-state index contributed by atoms with van der Waals surface area (Å²) in [5, 5.41) is 14.8. The van der Waals surface area contributed by atoms with E-state index in [0.717, 1.165) is 29.8 Å². The number of amides is 2. The summed E-state index contributed by atoms with van der Waals surface area (Å²) in [6.07, 6.45) is 2.56. The molecule has 1 aliphatic heterocycles. The number of rotatable bonds is 4. The molecule has 7 heteroatoms. The minimum absolute atomic E-state index is 0.210. The fourth-order valence-electron chi connectivity index (χ4n) is 3.65. The Morgan fingerprint density at radius 2 is 1.90 bits per heavy atom. The maximum Gasteiger partial charge on any atom is 0.291 e. The lowest BCUT2D eigenvalue weighted by Crippen LogP contribution is -2.21. The number of carbonyl (C=O) groups is 2. The summed E-state index contributed by atoms with van der Waals surface area (Å²) in [5.41, 5.74) is 3.71. The van der Waals surface area contributed by atoms with Crippen molar-refractivity contribution in [1.82, 2.24) is 9.55 Å². The SMILES string of the molecule is Cc1ccccc1NC(=O)c1nc(C(=O)Nc2cccc(C#N)c2)n2c1CCCC2. The van der Waals surface area contributed by atoms with Gasteiger partial charge in [0.1, 0.15) is 0 Å². The number of hydrogen-bond donors (Lipinski definition) is 2. The molecule has 0 aliphatic carbocycles. The molecule has 30 heavy (non-hydrogen) atoms. The Bertz CT molecular complexity index is 1170. The zero-order chi connectivity index (χ0) is 21.1. The van der Waals surface area contributed by atoms with Gasteiger partial charge in [-0.15, -0.1) is 0 Å². The number of hydrogen-bond acceptors (Lipinski definition) is 4. The van der Waals surface area contributed by atoms with E-state index in [2.05, 4.69) is 21.7 Å². The van der Waals surface area contributed by atoms with Crippen LogP contribution in [-0.4, -0.2) is 21.4 Å². The van der Waals surface area contributed by atoms with Crippen molar-refractivity contribution in [2.45, 2.75) is 32.7 Å². The molecule has 0 fully saturated rings. The summed E-state index contributed by atoms with van der Waals surface area (Å²) in [6, 6.07) is 16.3. The van der Waals surface area contributed by atoms with Gasteiger partial charge in [0.15, 0.2) is 11.5 Å². The molecule has 0 radical (unpaired) electrons. The van der Waals surface area contributed by atoms with Crippen molar-refractivity contribution in [2.75, 3.05) is 10.6 Å². The number of imidazole rings is 1. The molecule has 7 nitrogen and oxygen atoms in total. The van der Waals surface area contributed by atoms with Gasteiger partial charge in [0.2, 0.25) is 0 Å². The number of aryl methyl sites for hydroxylation is 1. The Morgan fingerprint density at radius 1 is 1.07 bits per heavy atom. The van der Waals surface area contributed by atoms with E-state index in [-0.39, 0.29) is 17.4 Å². The zero-order valence-corrected chi connectivity index (χ0v) is 16.6. The summed E-state index contributed by atoms with van der Waals surface area (Å²) in [5.74, 6) is -0.509. The van der Waals surface area contributed by atoms with E-state index in [1.54, 1.807) is 24.3 Å². The van der Waals surface area contributed by atoms with Crippen molar-refractivity contribution >= 4 is 23.2 Å². The molecule has 3 aromatic rings. The van der Waals surface area contributed by atoms with Gasteiger partial charge in [-0.2, -0.15) is 5.26 Å². The first-order valence-electron chi connectivity index (χ1n) is 9.84. The summed E-state index contributed by atoms with van der Waals surface area (Å²) < 4.78 is 1.83. The number of benzene rings is 2. The third-order valence-electron chi connectivity index (χ3n) is 5.18. The van der Waals surface area contributed by atoms with E-state index in [4.69, 9.17) is 5.26 Å². The lowest BCUT2D eigenvalue weighted by molar-refractivity contribution is 0.101. The Kier molecular flexibility index (Phi) is 5.31. The number of aromatic nitrogens is 2.